The third-order valence-corrected chi connectivity index (χ3v) is 7.03. The van der Waals surface area contributed by atoms with Crippen LogP contribution in [-0.2, 0) is 4.57 Å². The van der Waals surface area contributed by atoms with E-state index in [2.05, 4.69) is 29.2 Å². The van der Waals surface area contributed by atoms with Crippen molar-refractivity contribution >= 4 is 30.7 Å². The van der Waals surface area contributed by atoms with Gasteiger partial charge in [0.15, 0.2) is 0 Å². The molecule has 0 aromatic heterocycles. The van der Waals surface area contributed by atoms with Gasteiger partial charge in [0.2, 0.25) is 0 Å². The first kappa shape index (κ1) is 24.2. The van der Waals surface area contributed by atoms with Crippen molar-refractivity contribution in [1.82, 2.24) is 0 Å². The molecule has 0 radical (unpaired) electrons. The maximum atomic E-state index is 13.7. The lowest BCUT2D eigenvalue weighted by atomic mass is 10.1. The van der Waals surface area contributed by atoms with Gasteiger partial charge in [0.25, 0.3) is 0 Å². The summed E-state index contributed by atoms with van der Waals surface area (Å²) in [5.74, 6) is 2.46. The molecular formula is C32H26NO3P. The summed E-state index contributed by atoms with van der Waals surface area (Å²) >= 11 is 0. The minimum Gasteiger partial charge on any atom is -0.413 e. The van der Waals surface area contributed by atoms with Crippen molar-refractivity contribution in [3.8, 4) is 11.5 Å². The highest BCUT2D eigenvalue weighted by Gasteiger charge is 2.24. The van der Waals surface area contributed by atoms with Crippen LogP contribution in [0.3, 0.4) is 0 Å². The molecule has 5 heteroatoms. The van der Waals surface area contributed by atoms with Gasteiger partial charge in [0, 0.05) is 17.1 Å². The molecule has 0 aliphatic heterocycles. The summed E-state index contributed by atoms with van der Waals surface area (Å²) in [6.07, 6.45) is 1.77. The van der Waals surface area contributed by atoms with E-state index in [1.807, 2.05) is 97.1 Å². The van der Waals surface area contributed by atoms with E-state index in [1.54, 1.807) is 30.3 Å². The van der Waals surface area contributed by atoms with E-state index in [0.29, 0.717) is 11.5 Å². The van der Waals surface area contributed by atoms with Crippen molar-refractivity contribution in [2.75, 3.05) is 4.90 Å². The van der Waals surface area contributed by atoms with Crippen LogP contribution in [0, 0.1) is 0 Å². The van der Waals surface area contributed by atoms with E-state index in [0.717, 1.165) is 22.6 Å². The summed E-state index contributed by atoms with van der Waals surface area (Å²) < 4.78 is 25.4. The summed E-state index contributed by atoms with van der Waals surface area (Å²) in [7, 11) is -3.65. The van der Waals surface area contributed by atoms with Gasteiger partial charge >= 0.3 is 7.60 Å². The first-order chi connectivity index (χ1) is 18.2. The van der Waals surface area contributed by atoms with Crippen molar-refractivity contribution in [3.63, 3.8) is 0 Å². The molecule has 0 aliphatic rings. The van der Waals surface area contributed by atoms with Gasteiger partial charge in [-0.25, -0.2) is 4.57 Å². The predicted molar refractivity (Wildman–Crippen MR) is 152 cm³/mol. The SMILES string of the molecule is O=P(/C=C/c1ccc(N(c2ccccc2)c2ccccc2)cc1)(Oc1ccccc1)Oc1ccccc1. The van der Waals surface area contributed by atoms with E-state index in [4.69, 9.17) is 9.05 Å². The van der Waals surface area contributed by atoms with Crippen LogP contribution in [-0.4, -0.2) is 0 Å². The Labute approximate surface area is 217 Å². The number of anilines is 3. The van der Waals surface area contributed by atoms with Crippen LogP contribution < -0.4 is 13.9 Å². The molecule has 0 bridgehead atoms. The van der Waals surface area contributed by atoms with Gasteiger partial charge in [0.1, 0.15) is 11.5 Å². The lowest BCUT2D eigenvalue weighted by molar-refractivity contribution is 0.398. The zero-order valence-electron chi connectivity index (χ0n) is 20.1. The van der Waals surface area contributed by atoms with Gasteiger partial charge in [-0.1, -0.05) is 84.9 Å². The first-order valence-corrected chi connectivity index (χ1v) is 13.6. The normalized spacial score (nSPS) is 11.2. The third kappa shape index (κ3) is 6.38. The fourth-order valence-electron chi connectivity index (χ4n) is 3.85. The van der Waals surface area contributed by atoms with E-state index >= 15 is 0 Å². The van der Waals surface area contributed by atoms with E-state index in [9.17, 15) is 4.57 Å². The monoisotopic (exact) mass is 503 g/mol. The van der Waals surface area contributed by atoms with E-state index in [-0.39, 0.29) is 0 Å². The molecule has 5 aromatic rings. The Morgan fingerprint density at radius 2 is 0.865 bits per heavy atom. The Morgan fingerprint density at radius 1 is 0.486 bits per heavy atom. The Bertz CT molecular complexity index is 1390. The van der Waals surface area contributed by atoms with Crippen LogP contribution in [0.1, 0.15) is 5.56 Å². The molecule has 5 aromatic carbocycles. The number of hydrogen-bond acceptors (Lipinski definition) is 4. The second-order valence-electron chi connectivity index (χ2n) is 8.26. The molecule has 0 saturated heterocycles. The summed E-state index contributed by atoms with van der Waals surface area (Å²) in [6.45, 7) is 0. The highest BCUT2D eigenvalue weighted by molar-refractivity contribution is 7.58. The average Bonchev–Trinajstić information content (AvgIpc) is 2.95. The molecule has 0 spiro atoms. The maximum absolute atomic E-state index is 13.7. The highest BCUT2D eigenvalue weighted by Crippen LogP contribution is 2.50. The van der Waals surface area contributed by atoms with Crippen LogP contribution in [0.5, 0.6) is 11.5 Å². The van der Waals surface area contributed by atoms with Crippen molar-refractivity contribution in [3.05, 3.63) is 157 Å². The molecule has 182 valence electrons. The van der Waals surface area contributed by atoms with Gasteiger partial charge in [-0.2, -0.15) is 0 Å². The molecular weight excluding hydrogens is 477 g/mol. The number of rotatable bonds is 9. The Hall–Kier alpha value is -4.53. The summed E-state index contributed by atoms with van der Waals surface area (Å²) in [5, 5.41) is 0. The van der Waals surface area contributed by atoms with Gasteiger partial charge in [-0.3, -0.25) is 0 Å². The largest absolute Gasteiger partial charge is 0.455 e. The van der Waals surface area contributed by atoms with E-state index in [1.165, 1.54) is 5.82 Å². The van der Waals surface area contributed by atoms with Crippen molar-refractivity contribution in [1.29, 1.82) is 0 Å². The fourth-order valence-corrected chi connectivity index (χ4v) is 5.19. The second-order valence-corrected chi connectivity index (χ2v) is 10.0. The topological polar surface area (TPSA) is 38.8 Å². The maximum Gasteiger partial charge on any atom is 0.455 e. The Balaban J connectivity index is 1.42. The molecule has 4 nitrogen and oxygen atoms in total. The molecule has 5 rings (SSSR count). The van der Waals surface area contributed by atoms with Gasteiger partial charge < -0.3 is 13.9 Å². The standard InChI is InChI=1S/C32H26NO3P/c34-37(35-31-17-9-3-10-18-31,36-32-19-11-4-12-20-32)26-25-27-21-23-30(24-22-27)33(28-13-5-1-6-14-28)29-15-7-2-8-16-29/h1-26H/b26-25+. The lowest BCUT2D eigenvalue weighted by Crippen LogP contribution is -2.09. The molecule has 0 unspecified atom stereocenters. The summed E-state index contributed by atoms with van der Waals surface area (Å²) in [4.78, 5) is 2.19. The van der Waals surface area contributed by atoms with Gasteiger partial charge in [-0.15, -0.1) is 0 Å². The highest BCUT2D eigenvalue weighted by atomic mass is 31.2. The Morgan fingerprint density at radius 3 is 1.30 bits per heavy atom. The molecule has 0 N–H and O–H groups in total. The van der Waals surface area contributed by atoms with Crippen LogP contribution >= 0.6 is 7.60 Å². The third-order valence-electron chi connectivity index (χ3n) is 5.58. The average molecular weight is 504 g/mol. The number of hydrogen-bond donors (Lipinski definition) is 0. The van der Waals surface area contributed by atoms with E-state index < -0.39 is 7.60 Å². The molecule has 0 amide bonds. The van der Waals surface area contributed by atoms with Crippen molar-refractivity contribution < 1.29 is 13.6 Å². The minimum atomic E-state index is -3.65. The minimum absolute atomic E-state index is 0.475. The van der Waals surface area contributed by atoms with Gasteiger partial charge in [0.05, 0.1) is 5.82 Å². The molecule has 0 aliphatic carbocycles. The molecule has 0 heterocycles. The quantitative estimate of drug-likeness (QED) is 0.188. The number of para-hydroxylation sites is 4. The van der Waals surface area contributed by atoms with Gasteiger partial charge in [-0.05, 0) is 72.3 Å². The first-order valence-electron chi connectivity index (χ1n) is 12.0. The molecule has 37 heavy (non-hydrogen) atoms. The van der Waals surface area contributed by atoms with Crippen molar-refractivity contribution in [2.24, 2.45) is 0 Å². The zero-order valence-corrected chi connectivity index (χ0v) is 21.0. The number of nitrogens with zero attached hydrogens (tertiary/aromatic N) is 1. The molecule has 0 saturated carbocycles. The molecule has 0 atom stereocenters. The van der Waals surface area contributed by atoms with Crippen LogP contribution in [0.25, 0.3) is 6.08 Å². The summed E-state index contributed by atoms with van der Waals surface area (Å²) in [5.41, 5.74) is 4.01. The van der Waals surface area contributed by atoms with Crippen LogP contribution in [0.2, 0.25) is 0 Å². The second kappa shape index (κ2) is 11.5. The lowest BCUT2D eigenvalue weighted by Gasteiger charge is -2.25. The van der Waals surface area contributed by atoms with Crippen LogP contribution in [0.4, 0.5) is 17.1 Å². The molecule has 0 fully saturated rings. The summed E-state index contributed by atoms with van der Waals surface area (Å²) in [6, 6.07) is 46.6. The fraction of sp³-hybridized carbons (Fsp3) is 0. The zero-order chi connectivity index (χ0) is 25.3. The van der Waals surface area contributed by atoms with Crippen LogP contribution in [0.15, 0.2) is 151 Å². The van der Waals surface area contributed by atoms with Crippen molar-refractivity contribution in [2.45, 2.75) is 0 Å². The predicted octanol–water partition coefficient (Wildman–Crippen LogP) is 9.48. The Kier molecular flexibility index (Phi) is 7.50. The smallest absolute Gasteiger partial charge is 0.413 e. The number of benzene rings is 5.